The minimum Gasteiger partial charge on any atom is -0.207 e. The number of hydrogen-bond acceptors (Lipinski definition) is 0. The first kappa shape index (κ1) is 85.7. The molecule has 0 aromatic heterocycles. The minimum absolute atomic E-state index is 0.0760. The zero-order valence-electron chi connectivity index (χ0n) is 75.2. The number of rotatable bonds is 7. The summed E-state index contributed by atoms with van der Waals surface area (Å²) in [6.45, 7) is 31.3. The van der Waals surface area contributed by atoms with Crippen molar-refractivity contribution < 1.29 is 4.39 Å². The van der Waals surface area contributed by atoms with E-state index in [0.29, 0.717) is 5.56 Å². The van der Waals surface area contributed by atoms with Crippen molar-refractivity contribution in [1.82, 2.24) is 0 Å². The van der Waals surface area contributed by atoms with Crippen molar-refractivity contribution in [3.63, 3.8) is 0 Å². The highest BCUT2D eigenvalue weighted by atomic mass is 28.3. The Morgan fingerprint density at radius 2 is 0.571 bits per heavy atom. The summed E-state index contributed by atoms with van der Waals surface area (Å²) in [6, 6.07) is 148. The summed E-state index contributed by atoms with van der Waals surface area (Å²) in [5.74, 6) is -0.162. The maximum absolute atomic E-state index is 14.2. The van der Waals surface area contributed by atoms with Gasteiger partial charge in [-0.25, -0.2) is 4.39 Å². The summed E-state index contributed by atoms with van der Waals surface area (Å²) in [5, 5.41) is 15.2. The molecule has 0 spiro atoms. The van der Waals surface area contributed by atoms with Crippen molar-refractivity contribution in [1.29, 1.82) is 0 Å². The van der Waals surface area contributed by atoms with E-state index in [1.807, 2.05) is 67.6 Å². The molecule has 126 heavy (non-hydrogen) atoms. The van der Waals surface area contributed by atoms with Gasteiger partial charge in [0.1, 0.15) is 5.82 Å². The van der Waals surface area contributed by atoms with Crippen molar-refractivity contribution in [2.75, 3.05) is 0 Å². The van der Waals surface area contributed by atoms with Crippen LogP contribution in [0, 0.1) is 54.3 Å². The molecule has 0 amide bonds. The third-order valence-corrected chi connectivity index (χ3v) is 27.6. The summed E-state index contributed by atoms with van der Waals surface area (Å²) >= 11 is 0. The molecular formula is C124H111FSi. The lowest BCUT2D eigenvalue weighted by molar-refractivity contribution is 0.619. The molecule has 618 valence electrons. The van der Waals surface area contributed by atoms with E-state index in [-0.39, 0.29) is 16.6 Å². The molecule has 0 unspecified atom stereocenters. The van der Waals surface area contributed by atoms with Gasteiger partial charge in [0.2, 0.25) is 0 Å². The van der Waals surface area contributed by atoms with Crippen molar-refractivity contribution in [3.8, 4) is 89.0 Å². The number of aryl methyl sites for hydroxylation is 5. The molecule has 0 saturated carbocycles. The lowest BCUT2D eigenvalue weighted by atomic mass is 9.81. The monoisotopic (exact) mass is 1650 g/mol. The smallest absolute Gasteiger partial charge is 0.127 e. The van der Waals surface area contributed by atoms with Crippen LogP contribution in [0.2, 0.25) is 19.6 Å². The normalized spacial score (nSPS) is 12.2. The highest BCUT2D eigenvalue weighted by molar-refractivity contribution is 6.88. The Kier molecular flexibility index (Phi) is 25.3. The van der Waals surface area contributed by atoms with Crippen LogP contribution in [0.15, 0.2) is 419 Å². The van der Waals surface area contributed by atoms with Crippen LogP contribution in [0.3, 0.4) is 0 Å². The summed E-state index contributed by atoms with van der Waals surface area (Å²) in [7, 11) is -1.06. The summed E-state index contributed by atoms with van der Waals surface area (Å²) in [5.41, 5.74) is 34.5. The highest BCUT2D eigenvalue weighted by Crippen LogP contribution is 2.51. The standard InChI is InChI=1S/C25H20.C22H20.C19H15F.C17H12.C16H16.C15H12.C10H16Si/c1-19-24(21-13-7-3-8-14-21)17-23(20-11-5-2-6-12-20)18-25(19)22-15-9-4-10-16-22;1-15-8-10-16(11-9-15)17-12-13-19-18-6-4-5-7-20(18)22(2,3)21(19)14-17;1-14-18(16-10-6-3-7-11-16)12-17(13-19(14)20)15-8-4-2-5-9-15;1-11-5-6-14-8-7-12-3-2-4-13-9-10-15(11)17(14)16(12)13;1-11-8-9-13-12-6-4-5-7-14(12)16(2,3)15(13)10-11;1-11-10-12-6-2-3-8-14(12)15-9-5-4-7-13(11)15;1-9-5-7-10(8-6-9)11(2,3)4/h2-18H,1H3;4-14H,1-3H3;2-13H,1H3;2-10H,1H3;4-10H,1-3H3;2-10H,1H3;5-8H,1-4H3. The molecule has 0 fully saturated rings. The first-order valence-corrected chi connectivity index (χ1v) is 47.8. The number of halogens is 1. The van der Waals surface area contributed by atoms with Gasteiger partial charge < -0.3 is 0 Å². The second-order valence-corrected chi connectivity index (χ2v) is 41.1. The Morgan fingerprint density at radius 3 is 1.09 bits per heavy atom. The number of fused-ring (bicyclic) bond motifs is 9. The molecule has 0 heterocycles. The van der Waals surface area contributed by atoms with Gasteiger partial charge in [-0.2, -0.15) is 0 Å². The Labute approximate surface area is 747 Å². The Hall–Kier alpha value is -13.9. The summed E-state index contributed by atoms with van der Waals surface area (Å²) in [4.78, 5) is 0. The van der Waals surface area contributed by atoms with E-state index < -0.39 is 8.07 Å². The molecule has 22 rings (SSSR count). The molecule has 2 aliphatic carbocycles. The molecule has 20 aromatic carbocycles. The minimum atomic E-state index is -1.06. The SMILES string of the molecule is Cc1c(-c2ccccc2)cc(-c2ccccc2)cc1-c1ccccc1.Cc1c(F)cc(-c2ccccc2)cc1-c1ccccc1.Cc1cc2ccccc2c2ccccc12.Cc1ccc(-c2ccc3c(c2)C(C)(C)c2ccccc2-3)cc1.Cc1ccc([Si](C)(C)C)cc1.Cc1ccc2c(c1)C(C)(C)c1ccccc1-2.Cc1ccc2ccc3cccc4ccc1c2c34. The average molecular weight is 1650 g/mol. The molecule has 0 nitrogen and oxygen atoms in total. The van der Waals surface area contributed by atoms with Crippen molar-refractivity contribution in [2.24, 2.45) is 0 Å². The van der Waals surface area contributed by atoms with Gasteiger partial charge in [0.05, 0.1) is 8.07 Å². The third kappa shape index (κ3) is 18.4. The number of hydrogen-bond donors (Lipinski definition) is 0. The largest absolute Gasteiger partial charge is 0.207 e. The maximum atomic E-state index is 14.2. The molecule has 0 atom stereocenters. The van der Waals surface area contributed by atoms with Gasteiger partial charge in [-0.3, -0.25) is 0 Å². The molecule has 0 radical (unpaired) electrons. The predicted molar refractivity (Wildman–Crippen MR) is 548 cm³/mol. The molecule has 0 aliphatic heterocycles. The van der Waals surface area contributed by atoms with E-state index in [4.69, 9.17) is 0 Å². The average Bonchev–Trinajstić information content (AvgIpc) is 1.65. The lowest BCUT2D eigenvalue weighted by Crippen LogP contribution is -2.37. The predicted octanol–water partition coefficient (Wildman–Crippen LogP) is 34.5. The summed E-state index contributed by atoms with van der Waals surface area (Å²) < 4.78 is 14.2. The second kappa shape index (κ2) is 37.3. The molecule has 0 saturated heterocycles. The Balaban J connectivity index is 0.000000110. The van der Waals surface area contributed by atoms with E-state index in [1.165, 1.54) is 176 Å². The zero-order chi connectivity index (χ0) is 87.8. The van der Waals surface area contributed by atoms with Crippen LogP contribution < -0.4 is 5.19 Å². The van der Waals surface area contributed by atoms with E-state index in [1.54, 1.807) is 11.3 Å². The van der Waals surface area contributed by atoms with Gasteiger partial charge in [-0.15, -0.1) is 0 Å². The topological polar surface area (TPSA) is 0 Å². The van der Waals surface area contributed by atoms with E-state index in [9.17, 15) is 4.39 Å². The fraction of sp³-hybridized carbons (Fsp3) is 0.129. The van der Waals surface area contributed by atoms with Gasteiger partial charge in [0.15, 0.2) is 0 Å². The molecular weight excluding hydrogens is 1540 g/mol. The fourth-order valence-corrected chi connectivity index (χ4v) is 19.5. The first-order valence-electron chi connectivity index (χ1n) is 44.3. The maximum Gasteiger partial charge on any atom is 0.127 e. The van der Waals surface area contributed by atoms with Crippen LogP contribution in [0.25, 0.3) is 143 Å². The third-order valence-electron chi connectivity index (χ3n) is 25.6. The van der Waals surface area contributed by atoms with Crippen molar-refractivity contribution in [2.45, 2.75) is 107 Å². The van der Waals surface area contributed by atoms with Gasteiger partial charge in [-0.05, 0) is 266 Å². The van der Waals surface area contributed by atoms with E-state index in [2.05, 4.69) is 441 Å². The zero-order valence-corrected chi connectivity index (χ0v) is 76.2. The van der Waals surface area contributed by atoms with Gasteiger partial charge in [0, 0.05) is 10.8 Å². The van der Waals surface area contributed by atoms with Crippen LogP contribution >= 0.6 is 0 Å². The first-order chi connectivity index (χ1) is 61.0. The Morgan fingerprint density at radius 1 is 0.206 bits per heavy atom. The van der Waals surface area contributed by atoms with Gasteiger partial charge >= 0.3 is 0 Å². The van der Waals surface area contributed by atoms with Gasteiger partial charge in [0.25, 0.3) is 0 Å². The van der Waals surface area contributed by atoms with E-state index in [0.717, 1.165) is 22.3 Å². The number of benzene rings is 20. The van der Waals surface area contributed by atoms with Crippen molar-refractivity contribution in [3.05, 3.63) is 486 Å². The van der Waals surface area contributed by atoms with Crippen LogP contribution in [0.5, 0.6) is 0 Å². The molecule has 2 heteroatoms. The molecule has 0 bridgehead atoms. The van der Waals surface area contributed by atoms with Crippen LogP contribution in [0.4, 0.5) is 4.39 Å². The van der Waals surface area contributed by atoms with Gasteiger partial charge in [-0.1, -0.05) is 457 Å². The van der Waals surface area contributed by atoms with Crippen molar-refractivity contribution >= 4 is 67.1 Å². The highest BCUT2D eigenvalue weighted by Gasteiger charge is 2.36. The van der Waals surface area contributed by atoms with Crippen LogP contribution in [-0.4, -0.2) is 8.07 Å². The molecule has 0 N–H and O–H groups in total. The lowest BCUT2D eigenvalue weighted by Gasteiger charge is -2.22. The quantitative estimate of drug-likeness (QED) is 0.110. The molecule has 20 aromatic rings. The summed E-state index contributed by atoms with van der Waals surface area (Å²) in [6.07, 6.45) is 0. The second-order valence-electron chi connectivity index (χ2n) is 36.0. The Bertz CT molecular complexity index is 7120. The van der Waals surface area contributed by atoms with E-state index >= 15 is 0 Å². The van der Waals surface area contributed by atoms with Crippen LogP contribution in [-0.2, 0) is 10.8 Å². The fourth-order valence-electron chi connectivity index (χ4n) is 18.4. The van der Waals surface area contributed by atoms with Crippen LogP contribution in [0.1, 0.15) is 88.9 Å². The molecule has 2 aliphatic rings.